The standard InChI is InChI=1S/C20H18O2/c1-2-14-15-6-4-3-5-13(15)11-17-16(14)9-7-12-8-10-18(21)20(22)19(12)17/h3-11,18,20-22H,2H2,1H3/t18-,20+/m1/s1. The van der Waals surface area contributed by atoms with Crippen LogP contribution in [0.15, 0.2) is 48.5 Å². The summed E-state index contributed by atoms with van der Waals surface area (Å²) >= 11 is 0. The summed E-state index contributed by atoms with van der Waals surface area (Å²) in [6, 6.07) is 14.7. The van der Waals surface area contributed by atoms with E-state index in [1.165, 1.54) is 21.7 Å². The van der Waals surface area contributed by atoms with Crippen LogP contribution < -0.4 is 0 Å². The predicted molar refractivity (Wildman–Crippen MR) is 90.8 cm³/mol. The molecule has 2 atom stereocenters. The summed E-state index contributed by atoms with van der Waals surface area (Å²) < 4.78 is 0. The molecule has 0 radical (unpaired) electrons. The molecule has 1 aliphatic rings. The molecule has 1 aliphatic carbocycles. The molecule has 0 spiro atoms. The largest absolute Gasteiger partial charge is 0.386 e. The minimum absolute atomic E-state index is 0.838. The fraction of sp³-hybridized carbons (Fsp3) is 0.200. The van der Waals surface area contributed by atoms with E-state index in [1.54, 1.807) is 6.08 Å². The summed E-state index contributed by atoms with van der Waals surface area (Å²) in [5.41, 5.74) is 3.13. The van der Waals surface area contributed by atoms with Crippen molar-refractivity contribution in [3.8, 4) is 0 Å². The smallest absolute Gasteiger partial charge is 0.110 e. The normalized spacial score (nSPS) is 20.5. The van der Waals surface area contributed by atoms with Crippen LogP contribution in [0.5, 0.6) is 0 Å². The van der Waals surface area contributed by atoms with Crippen LogP contribution in [-0.4, -0.2) is 16.3 Å². The molecule has 0 aromatic heterocycles. The molecule has 3 aromatic carbocycles. The highest BCUT2D eigenvalue weighted by atomic mass is 16.3. The molecule has 2 N–H and O–H groups in total. The van der Waals surface area contributed by atoms with Crippen molar-refractivity contribution in [3.05, 3.63) is 65.2 Å². The van der Waals surface area contributed by atoms with Crippen molar-refractivity contribution >= 4 is 27.6 Å². The van der Waals surface area contributed by atoms with Crippen molar-refractivity contribution in [2.75, 3.05) is 0 Å². The molecule has 0 saturated heterocycles. The van der Waals surface area contributed by atoms with Crippen LogP contribution in [0, 0.1) is 0 Å². The zero-order valence-corrected chi connectivity index (χ0v) is 12.5. The number of rotatable bonds is 1. The number of aliphatic hydroxyl groups excluding tert-OH is 2. The highest BCUT2D eigenvalue weighted by Crippen LogP contribution is 2.38. The van der Waals surface area contributed by atoms with Crippen LogP contribution >= 0.6 is 0 Å². The van der Waals surface area contributed by atoms with Gasteiger partial charge in [0, 0.05) is 0 Å². The van der Waals surface area contributed by atoms with Gasteiger partial charge in [-0.2, -0.15) is 0 Å². The third kappa shape index (κ3) is 1.81. The van der Waals surface area contributed by atoms with Gasteiger partial charge in [0.05, 0.1) is 0 Å². The van der Waals surface area contributed by atoms with Gasteiger partial charge < -0.3 is 10.2 Å². The van der Waals surface area contributed by atoms with Crippen LogP contribution in [0.2, 0.25) is 0 Å². The fourth-order valence-electron chi connectivity index (χ4n) is 3.60. The van der Waals surface area contributed by atoms with Crippen molar-refractivity contribution in [2.45, 2.75) is 25.6 Å². The SMILES string of the molecule is CCc1c2ccccc2cc2c3c(ccc12)C=C[C@@H](O)[C@@H]3O. The Bertz CT molecular complexity index is 908. The van der Waals surface area contributed by atoms with Gasteiger partial charge in [-0.15, -0.1) is 0 Å². The Morgan fingerprint density at radius 3 is 2.59 bits per heavy atom. The third-order valence-corrected chi connectivity index (χ3v) is 4.68. The molecule has 3 aromatic rings. The van der Waals surface area contributed by atoms with Crippen molar-refractivity contribution in [1.29, 1.82) is 0 Å². The van der Waals surface area contributed by atoms with E-state index in [0.29, 0.717) is 0 Å². The van der Waals surface area contributed by atoms with E-state index in [9.17, 15) is 10.2 Å². The zero-order valence-electron chi connectivity index (χ0n) is 12.5. The molecule has 0 bridgehead atoms. The Labute approximate surface area is 129 Å². The average molecular weight is 290 g/mol. The molecule has 0 fully saturated rings. The summed E-state index contributed by atoms with van der Waals surface area (Å²) in [6.45, 7) is 2.16. The van der Waals surface area contributed by atoms with Gasteiger partial charge in [-0.3, -0.25) is 0 Å². The lowest BCUT2D eigenvalue weighted by molar-refractivity contribution is 0.0480. The van der Waals surface area contributed by atoms with Gasteiger partial charge in [0.15, 0.2) is 0 Å². The molecular weight excluding hydrogens is 272 g/mol. The monoisotopic (exact) mass is 290 g/mol. The topological polar surface area (TPSA) is 40.5 Å². The zero-order chi connectivity index (χ0) is 15.3. The Morgan fingerprint density at radius 2 is 1.77 bits per heavy atom. The predicted octanol–water partition coefficient (Wildman–Crippen LogP) is 3.98. The minimum atomic E-state index is -0.866. The number of hydrogen-bond donors (Lipinski definition) is 2. The van der Waals surface area contributed by atoms with E-state index < -0.39 is 12.2 Å². The first kappa shape index (κ1) is 13.5. The quantitative estimate of drug-likeness (QED) is 0.666. The molecule has 0 heterocycles. The van der Waals surface area contributed by atoms with E-state index in [1.807, 2.05) is 18.2 Å². The van der Waals surface area contributed by atoms with Crippen molar-refractivity contribution in [1.82, 2.24) is 0 Å². The summed E-state index contributed by atoms with van der Waals surface area (Å²) in [4.78, 5) is 0. The van der Waals surface area contributed by atoms with Gasteiger partial charge in [-0.1, -0.05) is 55.5 Å². The van der Waals surface area contributed by atoms with Crippen molar-refractivity contribution < 1.29 is 10.2 Å². The lowest BCUT2D eigenvalue weighted by atomic mass is 9.85. The summed E-state index contributed by atoms with van der Waals surface area (Å²) in [7, 11) is 0. The van der Waals surface area contributed by atoms with E-state index in [0.717, 1.165) is 22.9 Å². The van der Waals surface area contributed by atoms with Crippen molar-refractivity contribution in [3.63, 3.8) is 0 Å². The molecule has 2 heteroatoms. The Kier molecular flexibility index (Phi) is 3.03. The molecular formula is C20H18O2. The maximum Gasteiger partial charge on any atom is 0.110 e. The van der Waals surface area contributed by atoms with Crippen LogP contribution in [0.4, 0.5) is 0 Å². The van der Waals surface area contributed by atoms with Crippen LogP contribution in [-0.2, 0) is 6.42 Å². The summed E-state index contributed by atoms with van der Waals surface area (Å²) in [6.07, 6.45) is 2.78. The second-order valence-electron chi connectivity index (χ2n) is 5.89. The van der Waals surface area contributed by atoms with Crippen LogP contribution in [0.25, 0.3) is 27.6 Å². The number of benzene rings is 3. The minimum Gasteiger partial charge on any atom is -0.386 e. The highest BCUT2D eigenvalue weighted by Gasteiger charge is 2.25. The Hall–Kier alpha value is -2.16. The maximum atomic E-state index is 10.5. The molecule has 110 valence electrons. The van der Waals surface area contributed by atoms with Gasteiger partial charge in [-0.05, 0) is 50.7 Å². The molecule has 0 saturated carbocycles. The Morgan fingerprint density at radius 1 is 0.955 bits per heavy atom. The molecule has 0 amide bonds. The first-order valence-electron chi connectivity index (χ1n) is 7.72. The second kappa shape index (κ2) is 4.94. The van der Waals surface area contributed by atoms with Crippen LogP contribution in [0.3, 0.4) is 0 Å². The molecule has 0 aliphatic heterocycles. The van der Waals surface area contributed by atoms with E-state index in [-0.39, 0.29) is 0 Å². The molecule has 22 heavy (non-hydrogen) atoms. The van der Waals surface area contributed by atoms with E-state index in [2.05, 4.69) is 37.3 Å². The second-order valence-corrected chi connectivity index (χ2v) is 5.89. The van der Waals surface area contributed by atoms with Gasteiger partial charge in [0.1, 0.15) is 12.2 Å². The van der Waals surface area contributed by atoms with Crippen molar-refractivity contribution in [2.24, 2.45) is 0 Å². The van der Waals surface area contributed by atoms with Gasteiger partial charge >= 0.3 is 0 Å². The molecule has 0 unspecified atom stereocenters. The fourth-order valence-corrected chi connectivity index (χ4v) is 3.60. The average Bonchev–Trinajstić information content (AvgIpc) is 2.55. The first-order chi connectivity index (χ1) is 10.7. The van der Waals surface area contributed by atoms with E-state index >= 15 is 0 Å². The maximum absolute atomic E-state index is 10.5. The number of fused-ring (bicyclic) bond motifs is 4. The van der Waals surface area contributed by atoms with Crippen LogP contribution in [0.1, 0.15) is 29.7 Å². The summed E-state index contributed by atoms with van der Waals surface area (Å²) in [5.74, 6) is 0. The highest BCUT2D eigenvalue weighted by molar-refractivity contribution is 6.04. The Balaban J connectivity index is 2.18. The van der Waals surface area contributed by atoms with E-state index in [4.69, 9.17) is 0 Å². The number of aryl methyl sites for hydroxylation is 1. The third-order valence-electron chi connectivity index (χ3n) is 4.68. The van der Waals surface area contributed by atoms with Gasteiger partial charge in [0.2, 0.25) is 0 Å². The molecule has 2 nitrogen and oxygen atoms in total. The van der Waals surface area contributed by atoms with Gasteiger partial charge in [-0.25, -0.2) is 0 Å². The number of aliphatic hydroxyl groups is 2. The lowest BCUT2D eigenvalue weighted by Crippen LogP contribution is -2.19. The van der Waals surface area contributed by atoms with Gasteiger partial charge in [0.25, 0.3) is 0 Å². The lowest BCUT2D eigenvalue weighted by Gasteiger charge is -2.24. The summed E-state index contributed by atoms with van der Waals surface area (Å²) in [5, 5.41) is 25.1. The first-order valence-corrected chi connectivity index (χ1v) is 7.72. The number of hydrogen-bond acceptors (Lipinski definition) is 2. The molecule has 4 rings (SSSR count).